The van der Waals surface area contributed by atoms with Gasteiger partial charge >= 0.3 is 0 Å². The highest BCUT2D eigenvalue weighted by Gasteiger charge is 2.03. The minimum Gasteiger partial charge on any atom is -0.322 e. The number of hydrogen-bond donors (Lipinski definition) is 1. The van der Waals surface area contributed by atoms with E-state index in [1.54, 1.807) is 0 Å². The van der Waals surface area contributed by atoms with E-state index in [-0.39, 0.29) is 6.04 Å². The van der Waals surface area contributed by atoms with Gasteiger partial charge in [-0.05, 0) is 19.4 Å². The Bertz CT molecular complexity index is 458. The molecule has 1 aromatic heterocycles. The first-order valence-electron chi connectivity index (χ1n) is 5.31. The van der Waals surface area contributed by atoms with Crippen molar-refractivity contribution >= 4 is 0 Å². The summed E-state index contributed by atoms with van der Waals surface area (Å²) in [4.78, 5) is 8.48. The van der Waals surface area contributed by atoms with Gasteiger partial charge < -0.3 is 5.73 Å². The molecule has 0 radical (unpaired) electrons. The van der Waals surface area contributed by atoms with Crippen LogP contribution in [0.1, 0.15) is 24.4 Å². The zero-order chi connectivity index (χ0) is 11.5. The number of nitrogens with zero attached hydrogens (tertiary/aromatic N) is 2. The topological polar surface area (TPSA) is 51.8 Å². The van der Waals surface area contributed by atoms with E-state index in [9.17, 15) is 0 Å². The van der Waals surface area contributed by atoms with Crippen LogP contribution in [-0.2, 0) is 0 Å². The van der Waals surface area contributed by atoms with Crippen molar-refractivity contribution in [3.8, 4) is 11.1 Å². The summed E-state index contributed by atoms with van der Waals surface area (Å²) in [7, 11) is 0. The van der Waals surface area contributed by atoms with E-state index >= 15 is 0 Å². The highest BCUT2D eigenvalue weighted by molar-refractivity contribution is 5.61. The first kappa shape index (κ1) is 10.8. The van der Waals surface area contributed by atoms with Crippen molar-refractivity contribution in [1.29, 1.82) is 0 Å². The molecule has 82 valence electrons. The summed E-state index contributed by atoms with van der Waals surface area (Å²) < 4.78 is 0. The van der Waals surface area contributed by atoms with Crippen molar-refractivity contribution in [1.82, 2.24) is 9.97 Å². The molecule has 0 fully saturated rings. The van der Waals surface area contributed by atoms with Crippen molar-refractivity contribution < 1.29 is 0 Å². The molecule has 0 aliphatic carbocycles. The molecule has 1 heterocycles. The second-order valence-corrected chi connectivity index (χ2v) is 3.98. The second-order valence-electron chi connectivity index (χ2n) is 3.98. The maximum absolute atomic E-state index is 5.70. The number of benzene rings is 1. The Balaban J connectivity index is 2.31. The van der Waals surface area contributed by atoms with Gasteiger partial charge in [0.25, 0.3) is 0 Å². The fourth-order valence-corrected chi connectivity index (χ4v) is 1.47. The summed E-state index contributed by atoms with van der Waals surface area (Å²) in [5.74, 6) is 0.677. The molecule has 0 bridgehead atoms. The first-order valence-corrected chi connectivity index (χ1v) is 5.31. The van der Waals surface area contributed by atoms with Gasteiger partial charge in [-0.15, -0.1) is 0 Å². The van der Waals surface area contributed by atoms with Gasteiger partial charge in [0.15, 0.2) is 0 Å². The first-order chi connectivity index (χ1) is 7.66. The average molecular weight is 213 g/mol. The molecule has 2 rings (SSSR count). The standard InChI is InChI=1S/C13H15N3/c1-9-3-5-11(6-4-9)12-7-15-13(10(2)14)16-8-12/h3-8,10H,14H2,1-2H3. The molecule has 0 aliphatic rings. The quantitative estimate of drug-likeness (QED) is 0.833. The van der Waals surface area contributed by atoms with Gasteiger partial charge in [0.2, 0.25) is 0 Å². The van der Waals surface area contributed by atoms with E-state index in [1.165, 1.54) is 5.56 Å². The normalized spacial score (nSPS) is 12.4. The van der Waals surface area contributed by atoms with Gasteiger partial charge in [0.05, 0.1) is 6.04 Å². The molecular weight excluding hydrogens is 198 g/mol. The van der Waals surface area contributed by atoms with E-state index in [2.05, 4.69) is 41.2 Å². The van der Waals surface area contributed by atoms with Crippen LogP contribution in [-0.4, -0.2) is 9.97 Å². The van der Waals surface area contributed by atoms with Gasteiger partial charge in [-0.3, -0.25) is 0 Å². The number of hydrogen-bond acceptors (Lipinski definition) is 3. The van der Waals surface area contributed by atoms with Gasteiger partial charge in [-0.25, -0.2) is 9.97 Å². The molecule has 3 nitrogen and oxygen atoms in total. The predicted molar refractivity (Wildman–Crippen MR) is 64.8 cm³/mol. The summed E-state index contributed by atoms with van der Waals surface area (Å²) in [5.41, 5.74) is 9.09. The summed E-state index contributed by atoms with van der Waals surface area (Å²) in [6.07, 6.45) is 3.63. The van der Waals surface area contributed by atoms with Crippen molar-refractivity contribution in [2.75, 3.05) is 0 Å². The van der Waals surface area contributed by atoms with E-state index in [1.807, 2.05) is 19.3 Å². The number of aryl methyl sites for hydroxylation is 1. The molecule has 3 heteroatoms. The third-order valence-electron chi connectivity index (χ3n) is 2.46. The molecule has 2 N–H and O–H groups in total. The van der Waals surface area contributed by atoms with Gasteiger partial charge in [-0.2, -0.15) is 0 Å². The minimum absolute atomic E-state index is 0.118. The third kappa shape index (κ3) is 2.25. The lowest BCUT2D eigenvalue weighted by Crippen LogP contribution is -2.09. The SMILES string of the molecule is Cc1ccc(-c2cnc(C(C)N)nc2)cc1. The molecule has 1 aromatic carbocycles. The summed E-state index contributed by atoms with van der Waals surface area (Å²) in [6, 6.07) is 8.18. The fraction of sp³-hybridized carbons (Fsp3) is 0.231. The molecule has 0 saturated heterocycles. The van der Waals surface area contributed by atoms with Crippen LogP contribution in [0.3, 0.4) is 0 Å². The Morgan fingerprint density at radius 2 is 1.56 bits per heavy atom. The van der Waals surface area contributed by atoms with Crippen LogP contribution in [0.4, 0.5) is 0 Å². The monoisotopic (exact) mass is 213 g/mol. The largest absolute Gasteiger partial charge is 0.322 e. The van der Waals surface area contributed by atoms with Crippen molar-refractivity contribution in [3.63, 3.8) is 0 Å². The lowest BCUT2D eigenvalue weighted by Gasteiger charge is -2.05. The van der Waals surface area contributed by atoms with Crippen LogP contribution >= 0.6 is 0 Å². The Morgan fingerprint density at radius 1 is 1.00 bits per heavy atom. The molecule has 0 saturated carbocycles. The average Bonchev–Trinajstić information content (AvgIpc) is 2.30. The van der Waals surface area contributed by atoms with Crippen molar-refractivity contribution in [2.24, 2.45) is 5.73 Å². The van der Waals surface area contributed by atoms with Crippen molar-refractivity contribution in [3.05, 3.63) is 48.0 Å². The highest BCUT2D eigenvalue weighted by atomic mass is 14.9. The molecule has 2 aromatic rings. The fourth-order valence-electron chi connectivity index (χ4n) is 1.47. The molecule has 0 amide bonds. The molecular formula is C13H15N3. The van der Waals surface area contributed by atoms with Crippen LogP contribution < -0.4 is 5.73 Å². The lowest BCUT2D eigenvalue weighted by atomic mass is 10.1. The molecule has 16 heavy (non-hydrogen) atoms. The van der Waals surface area contributed by atoms with Crippen LogP contribution in [0.5, 0.6) is 0 Å². The van der Waals surface area contributed by atoms with E-state index in [0.717, 1.165) is 11.1 Å². The lowest BCUT2D eigenvalue weighted by molar-refractivity contribution is 0.739. The van der Waals surface area contributed by atoms with Crippen LogP contribution in [0.15, 0.2) is 36.7 Å². The molecule has 0 aliphatic heterocycles. The Labute approximate surface area is 95.4 Å². The van der Waals surface area contributed by atoms with E-state index in [0.29, 0.717) is 5.82 Å². The summed E-state index contributed by atoms with van der Waals surface area (Å²) >= 11 is 0. The second kappa shape index (κ2) is 4.41. The maximum Gasteiger partial charge on any atom is 0.144 e. The Kier molecular flexibility index (Phi) is 2.97. The van der Waals surface area contributed by atoms with E-state index < -0.39 is 0 Å². The zero-order valence-electron chi connectivity index (χ0n) is 9.51. The number of nitrogens with two attached hydrogens (primary N) is 1. The minimum atomic E-state index is -0.118. The third-order valence-corrected chi connectivity index (χ3v) is 2.46. The number of rotatable bonds is 2. The smallest absolute Gasteiger partial charge is 0.144 e. The maximum atomic E-state index is 5.70. The Morgan fingerprint density at radius 3 is 2.06 bits per heavy atom. The Hall–Kier alpha value is -1.74. The van der Waals surface area contributed by atoms with E-state index in [4.69, 9.17) is 5.73 Å². The van der Waals surface area contributed by atoms with Crippen LogP contribution in [0.2, 0.25) is 0 Å². The summed E-state index contributed by atoms with van der Waals surface area (Å²) in [5, 5.41) is 0. The van der Waals surface area contributed by atoms with Gasteiger partial charge in [-0.1, -0.05) is 29.8 Å². The molecule has 1 atom stereocenters. The predicted octanol–water partition coefficient (Wildman–Crippen LogP) is 2.47. The molecule has 0 spiro atoms. The van der Waals surface area contributed by atoms with Crippen molar-refractivity contribution in [2.45, 2.75) is 19.9 Å². The number of aromatic nitrogens is 2. The van der Waals surface area contributed by atoms with Crippen LogP contribution in [0.25, 0.3) is 11.1 Å². The van der Waals surface area contributed by atoms with Crippen LogP contribution in [0, 0.1) is 6.92 Å². The summed E-state index contributed by atoms with van der Waals surface area (Å²) in [6.45, 7) is 3.94. The zero-order valence-corrected chi connectivity index (χ0v) is 9.51. The molecule has 1 unspecified atom stereocenters. The highest BCUT2D eigenvalue weighted by Crippen LogP contribution is 2.18. The van der Waals surface area contributed by atoms with Gasteiger partial charge in [0.1, 0.15) is 5.82 Å². The van der Waals surface area contributed by atoms with Gasteiger partial charge in [0, 0.05) is 18.0 Å².